The van der Waals surface area contributed by atoms with E-state index in [0.717, 1.165) is 25.7 Å². The molecule has 0 aromatic heterocycles. The smallest absolute Gasteiger partial charge is 0.471 e. The molecule has 0 saturated carbocycles. The number of alkyl halides is 3. The third-order valence-electron chi connectivity index (χ3n) is 4.48. The highest BCUT2D eigenvalue weighted by Gasteiger charge is 2.55. The minimum absolute atomic E-state index is 0.467. The molecule has 6 nitrogen and oxygen atoms in total. The second-order valence-corrected chi connectivity index (χ2v) is 7.69. The molecule has 0 spiro atoms. The van der Waals surface area contributed by atoms with E-state index in [1.807, 2.05) is 0 Å². The quantitative estimate of drug-likeness (QED) is 0.690. The zero-order valence-electron chi connectivity index (χ0n) is 13.1. The molecule has 2 heterocycles. The normalized spacial score (nSPS) is 21.0. The highest BCUT2D eigenvalue weighted by Crippen LogP contribution is 2.42. The Morgan fingerprint density at radius 1 is 1.04 bits per heavy atom. The first kappa shape index (κ1) is 19.6. The molecule has 1 atom stereocenters. The van der Waals surface area contributed by atoms with Gasteiger partial charge < -0.3 is 5.11 Å². The van der Waals surface area contributed by atoms with Gasteiger partial charge in [-0.3, -0.25) is 24.3 Å². The van der Waals surface area contributed by atoms with E-state index in [9.17, 15) is 22.8 Å². The number of rotatable bonds is 6. The van der Waals surface area contributed by atoms with E-state index in [2.05, 4.69) is 0 Å². The molecule has 0 aliphatic carbocycles. The van der Waals surface area contributed by atoms with E-state index in [-0.39, 0.29) is 0 Å². The summed E-state index contributed by atoms with van der Waals surface area (Å²) >= 11 is 5.28. The summed E-state index contributed by atoms with van der Waals surface area (Å²) < 4.78 is 39.4. The Bertz CT molecular complexity index is 492. The Labute approximate surface area is 144 Å². The van der Waals surface area contributed by atoms with Crippen molar-refractivity contribution in [2.75, 3.05) is 32.7 Å². The SMILES string of the molecule is O=C(O)CN(C(=O)C(F)(F)F)C([PH2]=S)(N1CCCC1)N1CCCC1. The number of hydrogen-bond donors (Lipinski definition) is 1. The van der Waals surface area contributed by atoms with Crippen LogP contribution in [-0.4, -0.2) is 76.1 Å². The number of carbonyl (C=O) groups excluding carboxylic acids is 1. The van der Waals surface area contributed by atoms with Gasteiger partial charge in [0.1, 0.15) is 6.54 Å². The van der Waals surface area contributed by atoms with Crippen LogP contribution in [0.5, 0.6) is 0 Å². The van der Waals surface area contributed by atoms with Crippen LogP contribution < -0.4 is 0 Å². The molecule has 2 saturated heterocycles. The molecule has 24 heavy (non-hydrogen) atoms. The van der Waals surface area contributed by atoms with Gasteiger partial charge in [-0.25, -0.2) is 0 Å². The lowest BCUT2D eigenvalue weighted by atomic mass is 10.3. The van der Waals surface area contributed by atoms with Crippen LogP contribution in [0.2, 0.25) is 0 Å². The molecule has 0 aromatic rings. The molecular formula is C13H21F3N3O3PS. The summed E-state index contributed by atoms with van der Waals surface area (Å²) in [5.74, 6) is -3.60. The molecule has 1 N–H and O–H groups in total. The van der Waals surface area contributed by atoms with E-state index < -0.39 is 37.5 Å². The Morgan fingerprint density at radius 2 is 1.46 bits per heavy atom. The van der Waals surface area contributed by atoms with Crippen LogP contribution in [-0.2, 0) is 21.4 Å². The standard InChI is InChI=1S/C13H21F3N3O3PS/c14-12(15,16)11(22)19(9-10(20)21)13(23-24,17-5-1-2-6-17)18-7-3-4-8-18/h1-9,23H2,(H,20,21). The predicted octanol–water partition coefficient (Wildman–Crippen LogP) is 1.14. The summed E-state index contributed by atoms with van der Waals surface area (Å²) in [5.41, 5.74) is -1.42. The van der Waals surface area contributed by atoms with Crippen molar-refractivity contribution in [3.05, 3.63) is 0 Å². The van der Waals surface area contributed by atoms with Crippen LogP contribution in [0.1, 0.15) is 25.7 Å². The van der Waals surface area contributed by atoms with Crippen LogP contribution in [0.4, 0.5) is 13.2 Å². The number of aliphatic carboxylic acids is 1. The molecule has 2 aliphatic heterocycles. The van der Waals surface area contributed by atoms with Crippen LogP contribution in [0.15, 0.2) is 0 Å². The van der Waals surface area contributed by atoms with Gasteiger partial charge in [-0.2, -0.15) is 13.2 Å². The van der Waals surface area contributed by atoms with Crippen molar-refractivity contribution in [1.82, 2.24) is 14.7 Å². The van der Waals surface area contributed by atoms with Gasteiger partial charge in [-0.15, -0.1) is 0 Å². The van der Waals surface area contributed by atoms with Gasteiger partial charge in [0.15, 0.2) is 5.53 Å². The van der Waals surface area contributed by atoms with Crippen molar-refractivity contribution >= 4 is 31.0 Å². The fourth-order valence-electron chi connectivity index (χ4n) is 3.47. The van der Waals surface area contributed by atoms with Crippen molar-refractivity contribution in [3.8, 4) is 0 Å². The minimum atomic E-state index is -5.13. The first-order valence-electron chi connectivity index (χ1n) is 7.80. The third-order valence-corrected chi connectivity index (χ3v) is 6.79. The van der Waals surface area contributed by atoms with E-state index in [0.29, 0.717) is 31.1 Å². The number of hydrogen-bond acceptors (Lipinski definition) is 5. The fourth-order valence-corrected chi connectivity index (χ4v) is 5.90. The van der Waals surface area contributed by atoms with Crippen molar-refractivity contribution in [2.45, 2.75) is 37.4 Å². The molecular weight excluding hydrogens is 366 g/mol. The Balaban J connectivity index is 2.51. The highest BCUT2D eigenvalue weighted by molar-refractivity contribution is 7.97. The number of carboxylic acid groups (broad SMARTS) is 1. The Morgan fingerprint density at radius 3 is 1.75 bits per heavy atom. The van der Waals surface area contributed by atoms with Gasteiger partial charge in [0, 0.05) is 26.2 Å². The lowest BCUT2D eigenvalue weighted by Gasteiger charge is -2.51. The first-order valence-corrected chi connectivity index (χ1v) is 10.3. The topological polar surface area (TPSA) is 64.1 Å². The molecule has 1 amide bonds. The Kier molecular flexibility index (Phi) is 6.28. The van der Waals surface area contributed by atoms with Crippen LogP contribution >= 0.6 is 7.36 Å². The maximum absolute atomic E-state index is 13.1. The molecule has 11 heteroatoms. The molecule has 2 fully saturated rings. The van der Waals surface area contributed by atoms with Crippen molar-refractivity contribution in [1.29, 1.82) is 0 Å². The molecule has 138 valence electrons. The maximum Gasteiger partial charge on any atom is 0.471 e. The Hall–Kier alpha value is -0.700. The number of halogens is 3. The summed E-state index contributed by atoms with van der Waals surface area (Å²) in [5, 5.41) is 9.12. The van der Waals surface area contributed by atoms with Crippen molar-refractivity contribution in [2.24, 2.45) is 0 Å². The second kappa shape index (κ2) is 7.68. The zero-order chi connectivity index (χ0) is 18.0. The maximum atomic E-state index is 13.1. The van der Waals surface area contributed by atoms with E-state index >= 15 is 0 Å². The fraction of sp³-hybridized carbons (Fsp3) is 0.846. The van der Waals surface area contributed by atoms with E-state index in [4.69, 9.17) is 16.9 Å². The number of amides is 1. The van der Waals surface area contributed by atoms with Gasteiger partial charge >= 0.3 is 18.1 Å². The summed E-state index contributed by atoms with van der Waals surface area (Å²) in [4.78, 5) is 27.3. The van der Waals surface area contributed by atoms with E-state index in [1.165, 1.54) is 0 Å². The molecule has 2 aliphatic rings. The molecule has 0 aromatic carbocycles. The molecule has 2 rings (SSSR count). The third kappa shape index (κ3) is 3.76. The average molecular weight is 387 g/mol. The number of carbonyl (C=O) groups is 2. The summed E-state index contributed by atoms with van der Waals surface area (Å²) in [6.45, 7) is 1.06. The largest absolute Gasteiger partial charge is 0.480 e. The monoisotopic (exact) mass is 387 g/mol. The molecule has 0 radical (unpaired) electrons. The summed E-state index contributed by atoms with van der Waals surface area (Å²) in [6.07, 6.45) is -1.95. The van der Waals surface area contributed by atoms with E-state index in [1.54, 1.807) is 9.80 Å². The van der Waals surface area contributed by atoms with Crippen LogP contribution in [0.3, 0.4) is 0 Å². The van der Waals surface area contributed by atoms with Crippen molar-refractivity contribution in [3.63, 3.8) is 0 Å². The summed E-state index contributed by atoms with van der Waals surface area (Å²) in [6, 6.07) is 0. The van der Waals surface area contributed by atoms with Gasteiger partial charge in [-0.1, -0.05) is 11.8 Å². The van der Waals surface area contributed by atoms with Gasteiger partial charge in [0.25, 0.3) is 0 Å². The minimum Gasteiger partial charge on any atom is -0.480 e. The first-order chi connectivity index (χ1) is 11.2. The second-order valence-electron chi connectivity index (χ2n) is 5.98. The van der Waals surface area contributed by atoms with Gasteiger partial charge in [0.2, 0.25) is 0 Å². The van der Waals surface area contributed by atoms with Crippen molar-refractivity contribution < 1.29 is 27.9 Å². The average Bonchev–Trinajstić information content (AvgIpc) is 3.19. The highest BCUT2D eigenvalue weighted by atomic mass is 32.4. The van der Waals surface area contributed by atoms with Gasteiger partial charge in [-0.05, 0) is 33.0 Å². The number of nitrogens with zero attached hydrogens (tertiary/aromatic N) is 3. The number of carboxylic acids is 1. The number of likely N-dealkylation sites (tertiary alicyclic amines) is 2. The summed E-state index contributed by atoms with van der Waals surface area (Å²) in [7, 11) is -1.07. The van der Waals surface area contributed by atoms with Gasteiger partial charge in [0.05, 0.1) is 0 Å². The predicted molar refractivity (Wildman–Crippen MR) is 86.8 cm³/mol. The lowest BCUT2D eigenvalue weighted by molar-refractivity contribution is -0.203. The zero-order valence-corrected chi connectivity index (χ0v) is 15.1. The lowest BCUT2D eigenvalue weighted by Crippen LogP contribution is -2.69. The van der Waals surface area contributed by atoms with Crippen LogP contribution in [0.25, 0.3) is 0 Å². The molecule has 0 bridgehead atoms. The van der Waals surface area contributed by atoms with Crippen LogP contribution in [0, 0.1) is 0 Å². The molecule has 1 unspecified atom stereocenters.